The number of carboxylic acid groups (broad SMARTS) is 1. The molecule has 0 aliphatic heterocycles. The minimum Gasteiger partial charge on any atom is -0.481 e. The summed E-state index contributed by atoms with van der Waals surface area (Å²) >= 11 is 0. The van der Waals surface area contributed by atoms with Gasteiger partial charge in [-0.2, -0.15) is 0 Å². The second-order valence-electron chi connectivity index (χ2n) is 14.2. The van der Waals surface area contributed by atoms with Crippen molar-refractivity contribution in [3.63, 3.8) is 0 Å². The number of carboxylic acids is 1. The van der Waals surface area contributed by atoms with Crippen molar-refractivity contribution in [3.05, 3.63) is 0 Å². The highest BCUT2D eigenvalue weighted by Crippen LogP contribution is 2.19. The lowest BCUT2D eigenvalue weighted by molar-refractivity contribution is -0.150. The van der Waals surface area contributed by atoms with E-state index < -0.39 is 5.97 Å². The standard InChI is InChI=1S/C41H80O4/c1-3-5-7-9-10-11-12-13-14-15-16-17-18-19-20-21-22-23-24-25-26-27-28-34-38-41(44)45-39(35-31-8-6-4-2)36-32-29-30-33-37-40(42)43/h39H,3-38H2,1-2H3,(H,42,43). The molecule has 268 valence electrons. The molecule has 0 fully saturated rings. The molecule has 0 saturated carbocycles. The lowest BCUT2D eigenvalue weighted by atomic mass is 10.0. The van der Waals surface area contributed by atoms with Gasteiger partial charge >= 0.3 is 11.9 Å². The van der Waals surface area contributed by atoms with Crippen LogP contribution in [0.4, 0.5) is 0 Å². The van der Waals surface area contributed by atoms with Crippen LogP contribution in [0.2, 0.25) is 0 Å². The lowest BCUT2D eigenvalue weighted by Gasteiger charge is -2.18. The molecule has 0 aromatic carbocycles. The molecule has 1 atom stereocenters. The average Bonchev–Trinajstić information content (AvgIpc) is 3.02. The van der Waals surface area contributed by atoms with Gasteiger partial charge in [-0.05, 0) is 38.5 Å². The number of esters is 1. The monoisotopic (exact) mass is 637 g/mol. The van der Waals surface area contributed by atoms with Gasteiger partial charge < -0.3 is 9.84 Å². The van der Waals surface area contributed by atoms with Crippen LogP contribution in [0.5, 0.6) is 0 Å². The Bertz CT molecular complexity index is 604. The van der Waals surface area contributed by atoms with Gasteiger partial charge in [0.05, 0.1) is 0 Å². The van der Waals surface area contributed by atoms with E-state index in [1.807, 2.05) is 0 Å². The van der Waals surface area contributed by atoms with Crippen molar-refractivity contribution < 1.29 is 19.4 Å². The van der Waals surface area contributed by atoms with Crippen LogP contribution in [-0.4, -0.2) is 23.1 Å². The van der Waals surface area contributed by atoms with Crippen molar-refractivity contribution in [2.24, 2.45) is 0 Å². The number of ether oxygens (including phenoxy) is 1. The maximum absolute atomic E-state index is 12.5. The lowest BCUT2D eigenvalue weighted by Crippen LogP contribution is -2.18. The number of carbonyl (C=O) groups excluding carboxylic acids is 1. The molecule has 0 heterocycles. The highest BCUT2D eigenvalue weighted by molar-refractivity contribution is 5.69. The van der Waals surface area contributed by atoms with Crippen LogP contribution >= 0.6 is 0 Å². The Balaban J connectivity index is 3.53. The maximum Gasteiger partial charge on any atom is 0.306 e. The summed E-state index contributed by atoms with van der Waals surface area (Å²) < 4.78 is 5.89. The minimum atomic E-state index is -0.710. The van der Waals surface area contributed by atoms with Gasteiger partial charge in [0, 0.05) is 12.8 Å². The Morgan fingerprint density at radius 1 is 0.400 bits per heavy atom. The molecule has 45 heavy (non-hydrogen) atoms. The largest absolute Gasteiger partial charge is 0.481 e. The topological polar surface area (TPSA) is 63.6 Å². The first-order valence-electron chi connectivity index (χ1n) is 20.5. The smallest absolute Gasteiger partial charge is 0.306 e. The molecule has 0 spiro atoms. The average molecular weight is 637 g/mol. The van der Waals surface area contributed by atoms with Gasteiger partial charge in [-0.15, -0.1) is 0 Å². The molecule has 4 heteroatoms. The van der Waals surface area contributed by atoms with Crippen LogP contribution in [-0.2, 0) is 14.3 Å². The Labute approximate surface area is 282 Å². The molecule has 0 aliphatic carbocycles. The van der Waals surface area contributed by atoms with Gasteiger partial charge in [0.15, 0.2) is 0 Å². The molecule has 0 amide bonds. The van der Waals surface area contributed by atoms with E-state index in [9.17, 15) is 9.59 Å². The predicted octanol–water partition coefficient (Wildman–Crippen LogP) is 14.1. The highest BCUT2D eigenvalue weighted by Gasteiger charge is 2.14. The number of unbranched alkanes of at least 4 members (excludes halogenated alkanes) is 29. The summed E-state index contributed by atoms with van der Waals surface area (Å²) in [5.74, 6) is -0.723. The van der Waals surface area contributed by atoms with E-state index in [-0.39, 0.29) is 18.5 Å². The van der Waals surface area contributed by atoms with Crippen LogP contribution in [0.1, 0.15) is 245 Å². The van der Waals surface area contributed by atoms with Gasteiger partial charge in [-0.1, -0.05) is 194 Å². The summed E-state index contributed by atoms with van der Waals surface area (Å²) in [7, 11) is 0. The van der Waals surface area contributed by atoms with Gasteiger partial charge in [0.25, 0.3) is 0 Å². The molecule has 0 aromatic rings. The molecule has 1 unspecified atom stereocenters. The zero-order valence-corrected chi connectivity index (χ0v) is 30.7. The van der Waals surface area contributed by atoms with Crippen molar-refractivity contribution >= 4 is 11.9 Å². The van der Waals surface area contributed by atoms with Crippen LogP contribution in [0.3, 0.4) is 0 Å². The van der Waals surface area contributed by atoms with E-state index in [4.69, 9.17) is 9.84 Å². The summed E-state index contributed by atoms with van der Waals surface area (Å²) in [5, 5.41) is 8.78. The first-order chi connectivity index (χ1) is 22.1. The Morgan fingerprint density at radius 3 is 1.00 bits per heavy atom. The van der Waals surface area contributed by atoms with E-state index in [2.05, 4.69) is 13.8 Å². The quantitative estimate of drug-likeness (QED) is 0.0541. The number of rotatable bonds is 38. The fourth-order valence-electron chi connectivity index (χ4n) is 6.54. The first kappa shape index (κ1) is 43.9. The molecule has 1 N–H and O–H groups in total. The second-order valence-corrected chi connectivity index (χ2v) is 14.2. The molecule has 0 radical (unpaired) electrons. The van der Waals surface area contributed by atoms with Crippen LogP contribution in [0.15, 0.2) is 0 Å². The Morgan fingerprint density at radius 2 is 0.667 bits per heavy atom. The summed E-state index contributed by atoms with van der Waals surface area (Å²) in [6, 6.07) is 0. The van der Waals surface area contributed by atoms with E-state index in [1.54, 1.807) is 0 Å². The van der Waals surface area contributed by atoms with Crippen LogP contribution in [0, 0.1) is 0 Å². The van der Waals surface area contributed by atoms with Gasteiger partial charge in [-0.25, -0.2) is 0 Å². The van der Waals surface area contributed by atoms with Gasteiger partial charge in [0.1, 0.15) is 6.10 Å². The van der Waals surface area contributed by atoms with Crippen molar-refractivity contribution in [3.8, 4) is 0 Å². The minimum absolute atomic E-state index is 0.0137. The normalized spacial score (nSPS) is 12.0. The fourth-order valence-corrected chi connectivity index (χ4v) is 6.54. The SMILES string of the molecule is CCCCCCCCCCCCCCCCCCCCCCCCCCC(=O)OC(CCCCCC)CCCCCCC(=O)O. The molecular weight excluding hydrogens is 556 g/mol. The van der Waals surface area contributed by atoms with Crippen molar-refractivity contribution in [2.45, 2.75) is 251 Å². The van der Waals surface area contributed by atoms with Crippen LogP contribution < -0.4 is 0 Å². The van der Waals surface area contributed by atoms with E-state index in [1.165, 1.54) is 161 Å². The fraction of sp³-hybridized carbons (Fsp3) is 0.951. The number of hydrogen-bond acceptors (Lipinski definition) is 3. The number of hydrogen-bond donors (Lipinski definition) is 1. The molecule has 4 nitrogen and oxygen atoms in total. The Kier molecular flexibility index (Phi) is 36.5. The third kappa shape index (κ3) is 37.3. The third-order valence-corrected chi connectivity index (χ3v) is 9.58. The molecule has 0 bridgehead atoms. The zero-order valence-electron chi connectivity index (χ0n) is 30.7. The summed E-state index contributed by atoms with van der Waals surface area (Å²) in [6.45, 7) is 4.51. The molecule has 0 aliphatic rings. The van der Waals surface area contributed by atoms with Crippen molar-refractivity contribution in [1.82, 2.24) is 0 Å². The van der Waals surface area contributed by atoms with E-state index in [0.717, 1.165) is 57.8 Å². The summed E-state index contributed by atoms with van der Waals surface area (Å²) in [6.07, 6.45) is 44.5. The summed E-state index contributed by atoms with van der Waals surface area (Å²) in [4.78, 5) is 23.2. The first-order valence-corrected chi connectivity index (χ1v) is 20.5. The highest BCUT2D eigenvalue weighted by atomic mass is 16.5. The molecule has 0 saturated heterocycles. The van der Waals surface area contributed by atoms with E-state index >= 15 is 0 Å². The van der Waals surface area contributed by atoms with Crippen molar-refractivity contribution in [1.29, 1.82) is 0 Å². The molecular formula is C41H80O4. The van der Waals surface area contributed by atoms with Gasteiger partial charge in [0.2, 0.25) is 0 Å². The maximum atomic E-state index is 12.5. The van der Waals surface area contributed by atoms with Crippen LogP contribution in [0.25, 0.3) is 0 Å². The van der Waals surface area contributed by atoms with Crippen molar-refractivity contribution in [2.75, 3.05) is 0 Å². The Hall–Kier alpha value is -1.06. The zero-order chi connectivity index (χ0) is 32.9. The second kappa shape index (κ2) is 37.4. The number of carbonyl (C=O) groups is 2. The van der Waals surface area contributed by atoms with Gasteiger partial charge in [-0.3, -0.25) is 9.59 Å². The summed E-state index contributed by atoms with van der Waals surface area (Å²) in [5.41, 5.74) is 0. The number of aliphatic carboxylic acids is 1. The van der Waals surface area contributed by atoms with E-state index in [0.29, 0.717) is 6.42 Å². The molecule has 0 rings (SSSR count). The molecule has 0 aromatic heterocycles. The third-order valence-electron chi connectivity index (χ3n) is 9.58. The predicted molar refractivity (Wildman–Crippen MR) is 195 cm³/mol.